The van der Waals surface area contributed by atoms with Crippen LogP contribution in [0.4, 0.5) is 5.69 Å². The minimum Gasteiger partial charge on any atom is -0.482 e. The molecule has 142 valence electrons. The number of esters is 1. The maximum Gasteiger partial charge on any atom is 0.344 e. The number of aryl methyl sites for hydroxylation is 2. The van der Waals surface area contributed by atoms with Gasteiger partial charge in [0, 0.05) is 11.7 Å². The second-order valence-electron chi connectivity index (χ2n) is 6.69. The van der Waals surface area contributed by atoms with Gasteiger partial charge in [0.2, 0.25) is 0 Å². The molecule has 0 saturated carbocycles. The Labute approximate surface area is 159 Å². The van der Waals surface area contributed by atoms with Crippen LogP contribution in [-0.2, 0) is 27.2 Å². The van der Waals surface area contributed by atoms with E-state index in [1.54, 1.807) is 4.90 Å². The minimum atomic E-state index is -0.549. The number of carbonyl (C=O) groups is 2. The van der Waals surface area contributed by atoms with Crippen LogP contribution in [0.2, 0.25) is 0 Å². The Morgan fingerprint density at radius 1 is 1.07 bits per heavy atom. The molecule has 27 heavy (non-hydrogen) atoms. The molecule has 1 aliphatic heterocycles. The highest BCUT2D eigenvalue weighted by Gasteiger charge is 2.28. The van der Waals surface area contributed by atoms with Crippen molar-refractivity contribution in [1.29, 1.82) is 0 Å². The molecule has 0 fully saturated rings. The van der Waals surface area contributed by atoms with Crippen LogP contribution in [0.3, 0.4) is 0 Å². The smallest absolute Gasteiger partial charge is 0.344 e. The third-order valence-corrected chi connectivity index (χ3v) is 4.85. The molecule has 0 N–H and O–H groups in total. The third-order valence-electron chi connectivity index (χ3n) is 4.85. The molecule has 0 bridgehead atoms. The van der Waals surface area contributed by atoms with Crippen molar-refractivity contribution < 1.29 is 19.1 Å². The van der Waals surface area contributed by atoms with Crippen LogP contribution < -0.4 is 9.64 Å². The summed E-state index contributed by atoms with van der Waals surface area (Å²) in [5.41, 5.74) is 3.08. The predicted molar refractivity (Wildman–Crippen MR) is 104 cm³/mol. The van der Waals surface area contributed by atoms with Gasteiger partial charge in [-0.2, -0.15) is 0 Å². The van der Waals surface area contributed by atoms with Crippen LogP contribution in [0.1, 0.15) is 31.4 Å². The lowest BCUT2D eigenvalue weighted by Crippen LogP contribution is -2.44. The van der Waals surface area contributed by atoms with E-state index in [9.17, 15) is 9.59 Å². The van der Waals surface area contributed by atoms with Crippen molar-refractivity contribution >= 4 is 17.6 Å². The van der Waals surface area contributed by atoms with E-state index in [0.717, 1.165) is 36.1 Å². The summed E-state index contributed by atoms with van der Waals surface area (Å²) in [6.07, 6.45) is 2.66. The summed E-state index contributed by atoms with van der Waals surface area (Å²) >= 11 is 0. The first kappa shape index (κ1) is 19.0. The SMILES string of the molecule is CCc1ccccc1OCC(=O)OCC(=O)N1c2ccccc2CCC1C. The topological polar surface area (TPSA) is 55.8 Å². The number of anilines is 1. The third kappa shape index (κ3) is 4.48. The van der Waals surface area contributed by atoms with Crippen molar-refractivity contribution in [2.75, 3.05) is 18.1 Å². The van der Waals surface area contributed by atoms with E-state index in [4.69, 9.17) is 9.47 Å². The van der Waals surface area contributed by atoms with Gasteiger partial charge in [-0.05, 0) is 49.4 Å². The molecule has 1 aliphatic rings. The fraction of sp³-hybridized carbons (Fsp3) is 0.364. The number of nitrogens with zero attached hydrogens (tertiary/aromatic N) is 1. The van der Waals surface area contributed by atoms with Crippen molar-refractivity contribution in [2.24, 2.45) is 0 Å². The molecule has 0 saturated heterocycles. The van der Waals surface area contributed by atoms with Crippen LogP contribution in [0.5, 0.6) is 5.75 Å². The van der Waals surface area contributed by atoms with Gasteiger partial charge < -0.3 is 14.4 Å². The Morgan fingerprint density at radius 2 is 1.81 bits per heavy atom. The van der Waals surface area contributed by atoms with Gasteiger partial charge >= 0.3 is 5.97 Å². The number of para-hydroxylation sites is 2. The zero-order valence-corrected chi connectivity index (χ0v) is 15.8. The second-order valence-corrected chi connectivity index (χ2v) is 6.69. The van der Waals surface area contributed by atoms with Gasteiger partial charge in [0.1, 0.15) is 5.75 Å². The van der Waals surface area contributed by atoms with E-state index in [2.05, 4.69) is 0 Å². The molecule has 2 aromatic rings. The fourth-order valence-electron chi connectivity index (χ4n) is 3.40. The number of hydrogen-bond acceptors (Lipinski definition) is 4. The van der Waals surface area contributed by atoms with Gasteiger partial charge in [0.25, 0.3) is 5.91 Å². The molecule has 0 aromatic heterocycles. The summed E-state index contributed by atoms with van der Waals surface area (Å²) in [6, 6.07) is 15.5. The van der Waals surface area contributed by atoms with Crippen LogP contribution in [0.25, 0.3) is 0 Å². The summed E-state index contributed by atoms with van der Waals surface area (Å²) in [7, 11) is 0. The Kier molecular flexibility index (Phi) is 6.12. The van der Waals surface area contributed by atoms with E-state index < -0.39 is 5.97 Å². The van der Waals surface area contributed by atoms with Crippen molar-refractivity contribution in [1.82, 2.24) is 0 Å². The lowest BCUT2D eigenvalue weighted by atomic mass is 9.96. The first-order valence-electron chi connectivity index (χ1n) is 9.36. The molecular weight excluding hydrogens is 342 g/mol. The number of benzene rings is 2. The van der Waals surface area contributed by atoms with Crippen LogP contribution in [0, 0.1) is 0 Å². The second kappa shape index (κ2) is 8.71. The van der Waals surface area contributed by atoms with Gasteiger partial charge in [-0.3, -0.25) is 4.79 Å². The highest BCUT2D eigenvalue weighted by Crippen LogP contribution is 2.30. The molecule has 5 nitrogen and oxygen atoms in total. The summed E-state index contributed by atoms with van der Waals surface area (Å²) in [6.45, 7) is 3.55. The summed E-state index contributed by atoms with van der Waals surface area (Å²) in [5, 5.41) is 0. The predicted octanol–water partition coefficient (Wildman–Crippen LogP) is 3.54. The fourth-order valence-corrected chi connectivity index (χ4v) is 3.40. The number of hydrogen-bond donors (Lipinski definition) is 0. The normalized spacial score (nSPS) is 15.8. The van der Waals surface area contributed by atoms with Gasteiger partial charge in [-0.1, -0.05) is 43.3 Å². The van der Waals surface area contributed by atoms with E-state index in [1.165, 1.54) is 0 Å². The molecule has 2 aromatic carbocycles. The maximum absolute atomic E-state index is 12.7. The van der Waals surface area contributed by atoms with Crippen LogP contribution in [-0.4, -0.2) is 31.1 Å². The molecule has 1 heterocycles. The van der Waals surface area contributed by atoms with Crippen molar-refractivity contribution in [2.45, 2.75) is 39.2 Å². The van der Waals surface area contributed by atoms with Crippen molar-refractivity contribution in [3.05, 3.63) is 59.7 Å². The van der Waals surface area contributed by atoms with Gasteiger partial charge in [0.05, 0.1) is 0 Å². The Bertz CT molecular complexity index is 817. The largest absolute Gasteiger partial charge is 0.482 e. The van der Waals surface area contributed by atoms with Crippen LogP contribution >= 0.6 is 0 Å². The molecule has 0 aliphatic carbocycles. The summed E-state index contributed by atoms with van der Waals surface area (Å²) < 4.78 is 10.7. The first-order chi connectivity index (χ1) is 13.1. The minimum absolute atomic E-state index is 0.0822. The quantitative estimate of drug-likeness (QED) is 0.733. The number of rotatable bonds is 6. The Hall–Kier alpha value is -2.82. The average molecular weight is 367 g/mol. The number of amides is 1. The van der Waals surface area contributed by atoms with E-state index >= 15 is 0 Å². The monoisotopic (exact) mass is 367 g/mol. The highest BCUT2D eigenvalue weighted by atomic mass is 16.6. The lowest BCUT2D eigenvalue weighted by molar-refractivity contribution is -0.149. The Morgan fingerprint density at radius 3 is 2.63 bits per heavy atom. The summed E-state index contributed by atoms with van der Waals surface area (Å²) in [4.78, 5) is 26.4. The van der Waals surface area contributed by atoms with Gasteiger partial charge in [0.15, 0.2) is 13.2 Å². The van der Waals surface area contributed by atoms with Crippen molar-refractivity contribution in [3.8, 4) is 5.75 Å². The van der Waals surface area contributed by atoms with E-state index in [1.807, 2.05) is 62.4 Å². The first-order valence-corrected chi connectivity index (χ1v) is 9.36. The maximum atomic E-state index is 12.7. The summed E-state index contributed by atoms with van der Waals surface area (Å²) in [5.74, 6) is -0.0916. The van der Waals surface area contributed by atoms with Crippen molar-refractivity contribution in [3.63, 3.8) is 0 Å². The molecule has 1 atom stereocenters. The molecule has 1 unspecified atom stereocenters. The standard InChI is InChI=1S/C22H25NO4/c1-3-17-8-5-7-11-20(17)26-15-22(25)27-14-21(24)23-16(2)12-13-18-9-4-6-10-19(18)23/h4-11,16H,3,12-15H2,1-2H3. The molecular formula is C22H25NO4. The molecule has 0 spiro atoms. The number of ether oxygens (including phenoxy) is 2. The molecule has 0 radical (unpaired) electrons. The highest BCUT2D eigenvalue weighted by molar-refractivity contribution is 5.96. The number of fused-ring (bicyclic) bond motifs is 1. The van der Waals surface area contributed by atoms with Crippen LogP contribution in [0.15, 0.2) is 48.5 Å². The molecule has 3 rings (SSSR count). The molecule has 1 amide bonds. The van der Waals surface area contributed by atoms with E-state index in [-0.39, 0.29) is 25.2 Å². The molecule has 5 heteroatoms. The zero-order valence-electron chi connectivity index (χ0n) is 15.8. The van der Waals surface area contributed by atoms with E-state index in [0.29, 0.717) is 5.75 Å². The average Bonchev–Trinajstić information content (AvgIpc) is 2.70. The lowest BCUT2D eigenvalue weighted by Gasteiger charge is -2.35. The van der Waals surface area contributed by atoms with Gasteiger partial charge in [-0.15, -0.1) is 0 Å². The zero-order chi connectivity index (χ0) is 19.2. The Balaban J connectivity index is 1.55. The van der Waals surface area contributed by atoms with Gasteiger partial charge in [-0.25, -0.2) is 4.79 Å². The number of carbonyl (C=O) groups excluding carboxylic acids is 2.